The van der Waals surface area contributed by atoms with Crippen LogP contribution in [0.25, 0.3) is 0 Å². The van der Waals surface area contributed by atoms with E-state index >= 15 is 0 Å². The maximum Gasteiger partial charge on any atom is 0.299 e. The van der Waals surface area contributed by atoms with Gasteiger partial charge in [-0.1, -0.05) is 19.1 Å². The Morgan fingerprint density at radius 3 is 2.62 bits per heavy atom. The summed E-state index contributed by atoms with van der Waals surface area (Å²) in [7, 11) is 0. The van der Waals surface area contributed by atoms with Crippen LogP contribution < -0.4 is 4.90 Å². The molecule has 0 aliphatic carbocycles. The van der Waals surface area contributed by atoms with E-state index in [0.29, 0.717) is 17.8 Å². The number of carbonyl (C=O) groups is 2. The van der Waals surface area contributed by atoms with Crippen molar-refractivity contribution in [2.24, 2.45) is 0 Å². The van der Waals surface area contributed by atoms with Crippen molar-refractivity contribution in [2.45, 2.75) is 26.8 Å². The maximum absolute atomic E-state index is 12.2. The molecule has 0 radical (unpaired) electrons. The molecule has 0 N–H and O–H groups in total. The molecular formula is C17H16N2O2. The Morgan fingerprint density at radius 2 is 1.90 bits per heavy atom. The number of Topliss-reactive ketones (excluding diaryl/α,β-unsaturated/α-hetero) is 1. The fourth-order valence-corrected chi connectivity index (χ4v) is 2.61. The van der Waals surface area contributed by atoms with Crippen LogP contribution >= 0.6 is 0 Å². The normalized spacial score (nSPS) is 13.7. The lowest BCUT2D eigenvalue weighted by Gasteiger charge is -2.16. The van der Waals surface area contributed by atoms with Crippen LogP contribution in [0.1, 0.15) is 34.0 Å². The number of rotatable bonds is 3. The molecule has 0 unspecified atom stereocenters. The van der Waals surface area contributed by atoms with E-state index in [2.05, 4.69) is 4.98 Å². The summed E-state index contributed by atoms with van der Waals surface area (Å²) in [4.78, 5) is 30.0. The molecule has 0 saturated carbocycles. The van der Waals surface area contributed by atoms with Gasteiger partial charge >= 0.3 is 0 Å². The Balaban J connectivity index is 1.98. The molecule has 0 atom stereocenters. The van der Waals surface area contributed by atoms with E-state index < -0.39 is 11.7 Å². The quantitative estimate of drug-likeness (QED) is 0.812. The van der Waals surface area contributed by atoms with Crippen LogP contribution in [0.15, 0.2) is 36.7 Å². The van der Waals surface area contributed by atoms with E-state index in [1.807, 2.05) is 38.1 Å². The number of benzene rings is 1. The van der Waals surface area contributed by atoms with Crippen molar-refractivity contribution in [1.29, 1.82) is 0 Å². The van der Waals surface area contributed by atoms with Gasteiger partial charge in [-0.05, 0) is 42.2 Å². The van der Waals surface area contributed by atoms with Crippen LogP contribution in [-0.2, 0) is 17.8 Å². The molecule has 0 spiro atoms. The lowest BCUT2D eigenvalue weighted by Crippen LogP contribution is -2.29. The molecule has 2 aromatic rings. The fraction of sp³-hybridized carbons (Fsp3) is 0.235. The highest BCUT2D eigenvalue weighted by molar-refractivity contribution is 6.52. The molecule has 3 rings (SSSR count). The van der Waals surface area contributed by atoms with Gasteiger partial charge in [-0.25, -0.2) is 0 Å². The van der Waals surface area contributed by atoms with Gasteiger partial charge in [0.1, 0.15) is 0 Å². The first-order valence-corrected chi connectivity index (χ1v) is 7.00. The molecule has 0 bridgehead atoms. The predicted molar refractivity (Wildman–Crippen MR) is 80.3 cm³/mol. The van der Waals surface area contributed by atoms with Crippen molar-refractivity contribution in [2.75, 3.05) is 4.90 Å². The largest absolute Gasteiger partial charge is 0.300 e. The molecule has 1 aliphatic rings. The second kappa shape index (κ2) is 5.13. The minimum absolute atomic E-state index is 0.373. The molecule has 1 aliphatic heterocycles. The van der Waals surface area contributed by atoms with Crippen molar-refractivity contribution in [3.05, 3.63) is 58.9 Å². The van der Waals surface area contributed by atoms with Gasteiger partial charge in [0.05, 0.1) is 17.8 Å². The van der Waals surface area contributed by atoms with Crippen molar-refractivity contribution in [1.82, 2.24) is 4.98 Å². The molecular weight excluding hydrogens is 264 g/mol. The van der Waals surface area contributed by atoms with E-state index in [4.69, 9.17) is 0 Å². The minimum atomic E-state index is -0.459. The summed E-state index contributed by atoms with van der Waals surface area (Å²) in [5, 5.41) is 0. The van der Waals surface area contributed by atoms with Gasteiger partial charge in [0.25, 0.3) is 11.7 Å². The van der Waals surface area contributed by atoms with Crippen LogP contribution in [0.5, 0.6) is 0 Å². The van der Waals surface area contributed by atoms with Crippen LogP contribution in [-0.4, -0.2) is 16.7 Å². The third-order valence-corrected chi connectivity index (χ3v) is 3.72. The zero-order valence-corrected chi connectivity index (χ0v) is 12.1. The first-order valence-electron chi connectivity index (χ1n) is 7.00. The number of aromatic nitrogens is 1. The van der Waals surface area contributed by atoms with Crippen molar-refractivity contribution < 1.29 is 9.59 Å². The Kier molecular flexibility index (Phi) is 3.29. The maximum atomic E-state index is 12.2. The van der Waals surface area contributed by atoms with Gasteiger partial charge in [-0.2, -0.15) is 0 Å². The number of carbonyl (C=O) groups excluding carboxylic acids is 2. The number of hydrogen-bond acceptors (Lipinski definition) is 3. The number of hydrogen-bond donors (Lipinski definition) is 0. The summed E-state index contributed by atoms with van der Waals surface area (Å²) in [5.74, 6) is -0.874. The van der Waals surface area contributed by atoms with Crippen LogP contribution in [0.2, 0.25) is 0 Å². The van der Waals surface area contributed by atoms with E-state index in [1.165, 1.54) is 4.90 Å². The number of nitrogens with zero attached hydrogens (tertiary/aromatic N) is 2. The van der Waals surface area contributed by atoms with Crippen LogP contribution in [0, 0.1) is 6.92 Å². The van der Waals surface area contributed by atoms with Crippen molar-refractivity contribution in [3.8, 4) is 0 Å². The minimum Gasteiger partial charge on any atom is -0.300 e. The van der Waals surface area contributed by atoms with E-state index in [9.17, 15) is 9.59 Å². The molecule has 21 heavy (non-hydrogen) atoms. The highest BCUT2D eigenvalue weighted by Crippen LogP contribution is 2.31. The number of ketones is 1. The molecule has 4 heteroatoms. The van der Waals surface area contributed by atoms with Crippen LogP contribution in [0.3, 0.4) is 0 Å². The molecule has 1 amide bonds. The Labute approximate surface area is 123 Å². The Bertz CT molecular complexity index is 737. The zero-order chi connectivity index (χ0) is 15.0. The highest BCUT2D eigenvalue weighted by Gasteiger charge is 2.35. The third kappa shape index (κ3) is 2.33. The molecule has 0 saturated heterocycles. The number of pyridine rings is 1. The van der Waals surface area contributed by atoms with Gasteiger partial charge in [-0.15, -0.1) is 0 Å². The molecule has 2 heterocycles. The molecule has 106 valence electrons. The first-order chi connectivity index (χ1) is 10.1. The number of fused-ring (bicyclic) bond motifs is 1. The topological polar surface area (TPSA) is 50.3 Å². The average molecular weight is 280 g/mol. The number of aryl methyl sites for hydroxylation is 2. The summed E-state index contributed by atoms with van der Waals surface area (Å²) in [6.45, 7) is 4.35. The molecule has 1 aromatic carbocycles. The summed E-state index contributed by atoms with van der Waals surface area (Å²) in [5.41, 5.74) is 4.23. The average Bonchev–Trinajstić information content (AvgIpc) is 2.72. The zero-order valence-electron chi connectivity index (χ0n) is 12.1. The van der Waals surface area contributed by atoms with E-state index in [0.717, 1.165) is 23.1 Å². The summed E-state index contributed by atoms with van der Waals surface area (Å²) in [6.07, 6.45) is 4.33. The van der Waals surface area contributed by atoms with Crippen LogP contribution in [0.4, 0.5) is 5.69 Å². The molecule has 0 fully saturated rings. The Hall–Kier alpha value is -2.49. The van der Waals surface area contributed by atoms with Gasteiger partial charge in [0.15, 0.2) is 0 Å². The monoisotopic (exact) mass is 280 g/mol. The van der Waals surface area contributed by atoms with Gasteiger partial charge in [0, 0.05) is 12.4 Å². The Morgan fingerprint density at radius 1 is 1.10 bits per heavy atom. The standard InChI is InChI=1S/C17H16N2O2/c1-3-12-4-5-15-14(7-12)16(20)17(21)19(15)10-13-6-11(2)8-18-9-13/h4-9H,3,10H2,1-2H3. The van der Waals surface area contributed by atoms with Crippen molar-refractivity contribution in [3.63, 3.8) is 0 Å². The number of anilines is 1. The lowest BCUT2D eigenvalue weighted by atomic mass is 10.1. The van der Waals surface area contributed by atoms with Crippen molar-refractivity contribution >= 4 is 17.4 Å². The fourth-order valence-electron chi connectivity index (χ4n) is 2.61. The van der Waals surface area contributed by atoms with Gasteiger partial charge in [-0.3, -0.25) is 14.6 Å². The second-order valence-electron chi connectivity index (χ2n) is 5.30. The smallest absolute Gasteiger partial charge is 0.299 e. The SMILES string of the molecule is CCc1ccc2c(c1)C(=O)C(=O)N2Cc1cncc(C)c1. The van der Waals surface area contributed by atoms with E-state index in [-0.39, 0.29) is 0 Å². The van der Waals surface area contributed by atoms with E-state index in [1.54, 1.807) is 12.4 Å². The number of amides is 1. The summed E-state index contributed by atoms with van der Waals surface area (Å²) in [6, 6.07) is 7.62. The first kappa shape index (κ1) is 13.5. The molecule has 1 aromatic heterocycles. The van der Waals surface area contributed by atoms with Gasteiger partial charge in [0.2, 0.25) is 0 Å². The highest BCUT2D eigenvalue weighted by atomic mass is 16.2. The molecule has 4 nitrogen and oxygen atoms in total. The summed E-state index contributed by atoms with van der Waals surface area (Å²) >= 11 is 0. The van der Waals surface area contributed by atoms with Gasteiger partial charge < -0.3 is 4.90 Å². The summed E-state index contributed by atoms with van der Waals surface area (Å²) < 4.78 is 0. The lowest BCUT2D eigenvalue weighted by molar-refractivity contribution is -0.114. The second-order valence-corrected chi connectivity index (χ2v) is 5.30. The third-order valence-electron chi connectivity index (χ3n) is 3.72. The predicted octanol–water partition coefficient (Wildman–Crippen LogP) is 2.68.